The topological polar surface area (TPSA) is 44.4 Å². The highest BCUT2D eigenvalue weighted by Gasteiger charge is 2.12. The molecule has 0 atom stereocenters. The van der Waals surface area contributed by atoms with Gasteiger partial charge in [-0.25, -0.2) is 0 Å². The predicted molar refractivity (Wildman–Crippen MR) is 78.4 cm³/mol. The van der Waals surface area contributed by atoms with Crippen molar-refractivity contribution in [2.24, 2.45) is 0 Å². The van der Waals surface area contributed by atoms with Gasteiger partial charge in [-0.2, -0.15) is 0 Å². The number of nitrogens with one attached hydrogen (secondary N) is 2. The minimum absolute atomic E-state index is 0.0751. The van der Waals surface area contributed by atoms with Crippen LogP contribution in [-0.4, -0.2) is 43.5 Å². The fourth-order valence-corrected chi connectivity index (χ4v) is 2.29. The quantitative estimate of drug-likeness (QED) is 0.863. The lowest BCUT2D eigenvalue weighted by Gasteiger charge is -2.18. The predicted octanol–water partition coefficient (Wildman–Crippen LogP) is 1.48. The first-order chi connectivity index (χ1) is 9.28. The van der Waals surface area contributed by atoms with Crippen molar-refractivity contribution in [1.29, 1.82) is 0 Å². The van der Waals surface area contributed by atoms with Gasteiger partial charge in [-0.05, 0) is 43.6 Å². The van der Waals surface area contributed by atoms with Gasteiger partial charge in [-0.1, -0.05) is 19.1 Å². The number of benzene rings is 1. The highest BCUT2D eigenvalue weighted by atomic mass is 16.2. The number of hydrogen-bond donors (Lipinski definition) is 2. The molecule has 1 saturated heterocycles. The lowest BCUT2D eigenvalue weighted by molar-refractivity contribution is -0.117. The van der Waals surface area contributed by atoms with E-state index in [1.54, 1.807) is 0 Å². The van der Waals surface area contributed by atoms with Gasteiger partial charge in [0.25, 0.3) is 0 Å². The number of hydrogen-bond acceptors (Lipinski definition) is 3. The largest absolute Gasteiger partial charge is 0.325 e. The summed E-state index contributed by atoms with van der Waals surface area (Å²) in [5.41, 5.74) is 2.17. The highest BCUT2D eigenvalue weighted by molar-refractivity contribution is 5.92. The average Bonchev–Trinajstić information content (AvgIpc) is 2.68. The van der Waals surface area contributed by atoms with Gasteiger partial charge in [0, 0.05) is 18.8 Å². The van der Waals surface area contributed by atoms with Crippen molar-refractivity contribution in [3.63, 3.8) is 0 Å². The molecule has 0 radical (unpaired) electrons. The van der Waals surface area contributed by atoms with E-state index in [-0.39, 0.29) is 5.91 Å². The minimum Gasteiger partial charge on any atom is -0.325 e. The molecule has 1 aromatic carbocycles. The van der Waals surface area contributed by atoms with Crippen molar-refractivity contribution >= 4 is 11.6 Å². The summed E-state index contributed by atoms with van der Waals surface area (Å²) in [6, 6.07) is 8.07. The van der Waals surface area contributed by atoms with Gasteiger partial charge in [0.2, 0.25) is 5.91 Å². The Labute approximate surface area is 115 Å². The Morgan fingerprint density at radius 3 is 2.79 bits per heavy atom. The second kappa shape index (κ2) is 7.26. The molecule has 0 spiro atoms. The fraction of sp³-hybridized carbons (Fsp3) is 0.533. The van der Waals surface area contributed by atoms with Crippen molar-refractivity contribution in [3.8, 4) is 0 Å². The summed E-state index contributed by atoms with van der Waals surface area (Å²) in [4.78, 5) is 14.2. The molecule has 2 rings (SSSR count). The van der Waals surface area contributed by atoms with Crippen LogP contribution in [0.3, 0.4) is 0 Å². The smallest absolute Gasteiger partial charge is 0.238 e. The molecule has 1 fully saturated rings. The van der Waals surface area contributed by atoms with Crippen LogP contribution in [0.15, 0.2) is 24.3 Å². The van der Waals surface area contributed by atoms with Gasteiger partial charge in [0.15, 0.2) is 0 Å². The number of carbonyl (C=O) groups excluding carboxylic acids is 1. The van der Waals surface area contributed by atoms with Crippen molar-refractivity contribution < 1.29 is 4.79 Å². The van der Waals surface area contributed by atoms with E-state index in [0.717, 1.165) is 44.7 Å². The van der Waals surface area contributed by atoms with E-state index in [4.69, 9.17) is 0 Å². The first-order valence-corrected chi connectivity index (χ1v) is 7.10. The third-order valence-electron chi connectivity index (χ3n) is 3.45. The van der Waals surface area contributed by atoms with E-state index >= 15 is 0 Å². The molecule has 104 valence electrons. The van der Waals surface area contributed by atoms with Gasteiger partial charge >= 0.3 is 0 Å². The third-order valence-corrected chi connectivity index (χ3v) is 3.45. The zero-order valence-corrected chi connectivity index (χ0v) is 11.6. The number of nitrogens with zero attached hydrogens (tertiary/aromatic N) is 1. The van der Waals surface area contributed by atoms with Crippen LogP contribution in [0.4, 0.5) is 5.69 Å². The Hall–Kier alpha value is -1.39. The minimum atomic E-state index is 0.0751. The molecule has 0 saturated carbocycles. The van der Waals surface area contributed by atoms with E-state index in [1.807, 2.05) is 12.1 Å². The second-order valence-electron chi connectivity index (χ2n) is 4.98. The second-order valence-corrected chi connectivity index (χ2v) is 4.98. The molecule has 1 heterocycles. The van der Waals surface area contributed by atoms with Crippen LogP contribution in [0.25, 0.3) is 0 Å². The number of carbonyl (C=O) groups is 1. The Bertz CT molecular complexity index is 394. The van der Waals surface area contributed by atoms with Gasteiger partial charge in [0.05, 0.1) is 6.54 Å². The summed E-state index contributed by atoms with van der Waals surface area (Å²) < 4.78 is 0. The molecular weight excluding hydrogens is 238 g/mol. The monoisotopic (exact) mass is 261 g/mol. The normalized spacial score (nSPS) is 16.9. The van der Waals surface area contributed by atoms with Crippen LogP contribution in [0.5, 0.6) is 0 Å². The maximum absolute atomic E-state index is 12.0. The van der Waals surface area contributed by atoms with E-state index in [1.165, 1.54) is 5.56 Å². The van der Waals surface area contributed by atoms with E-state index in [2.05, 4.69) is 34.6 Å². The Morgan fingerprint density at radius 2 is 2.05 bits per heavy atom. The third kappa shape index (κ3) is 4.65. The Balaban J connectivity index is 1.82. The molecule has 0 aromatic heterocycles. The molecule has 1 amide bonds. The summed E-state index contributed by atoms with van der Waals surface area (Å²) in [5, 5.41) is 6.30. The Kier molecular flexibility index (Phi) is 5.36. The van der Waals surface area contributed by atoms with E-state index < -0.39 is 0 Å². The fourth-order valence-electron chi connectivity index (χ4n) is 2.29. The molecule has 0 aliphatic carbocycles. The van der Waals surface area contributed by atoms with E-state index in [9.17, 15) is 4.79 Å². The average molecular weight is 261 g/mol. The lowest BCUT2D eigenvalue weighted by Crippen LogP contribution is -2.35. The molecule has 4 nitrogen and oxygen atoms in total. The van der Waals surface area contributed by atoms with Crippen molar-refractivity contribution in [1.82, 2.24) is 10.2 Å². The zero-order chi connectivity index (χ0) is 13.5. The molecule has 0 unspecified atom stereocenters. The number of aryl methyl sites for hydroxylation is 1. The van der Waals surface area contributed by atoms with Crippen molar-refractivity contribution in [2.45, 2.75) is 19.8 Å². The standard InChI is InChI=1S/C15H23N3O/c1-2-13-4-6-14(7-5-13)17-15(19)12-18-10-3-8-16-9-11-18/h4-7,16H,2-3,8-12H2,1H3,(H,17,19). The molecule has 1 aliphatic rings. The van der Waals surface area contributed by atoms with Gasteiger partial charge < -0.3 is 10.6 Å². The van der Waals surface area contributed by atoms with E-state index in [0.29, 0.717) is 6.54 Å². The summed E-state index contributed by atoms with van der Waals surface area (Å²) in [7, 11) is 0. The SMILES string of the molecule is CCc1ccc(NC(=O)CN2CCCNCC2)cc1. The molecule has 0 bridgehead atoms. The van der Waals surface area contributed by atoms with Crippen LogP contribution in [-0.2, 0) is 11.2 Å². The number of anilines is 1. The van der Waals surface area contributed by atoms with Crippen molar-refractivity contribution in [2.75, 3.05) is 38.0 Å². The maximum atomic E-state index is 12.0. The van der Waals surface area contributed by atoms with Crippen LogP contribution < -0.4 is 10.6 Å². The maximum Gasteiger partial charge on any atom is 0.238 e. The van der Waals surface area contributed by atoms with Gasteiger partial charge in [-0.3, -0.25) is 9.69 Å². The van der Waals surface area contributed by atoms with Crippen LogP contribution in [0.1, 0.15) is 18.9 Å². The summed E-state index contributed by atoms with van der Waals surface area (Å²) in [6.45, 7) is 6.57. The van der Waals surface area contributed by atoms with Gasteiger partial charge in [0.1, 0.15) is 0 Å². The number of rotatable bonds is 4. The Morgan fingerprint density at radius 1 is 1.26 bits per heavy atom. The van der Waals surface area contributed by atoms with Gasteiger partial charge in [-0.15, -0.1) is 0 Å². The molecule has 4 heteroatoms. The summed E-state index contributed by atoms with van der Waals surface area (Å²) in [6.07, 6.45) is 2.13. The molecule has 1 aliphatic heterocycles. The zero-order valence-electron chi connectivity index (χ0n) is 11.6. The van der Waals surface area contributed by atoms with Crippen molar-refractivity contribution in [3.05, 3.63) is 29.8 Å². The summed E-state index contributed by atoms with van der Waals surface area (Å²) in [5.74, 6) is 0.0751. The molecular formula is C15H23N3O. The number of amides is 1. The molecule has 19 heavy (non-hydrogen) atoms. The first kappa shape index (κ1) is 14.0. The highest BCUT2D eigenvalue weighted by Crippen LogP contribution is 2.10. The van der Waals surface area contributed by atoms with Crippen LogP contribution >= 0.6 is 0 Å². The molecule has 1 aromatic rings. The molecule has 2 N–H and O–H groups in total. The first-order valence-electron chi connectivity index (χ1n) is 7.10. The lowest BCUT2D eigenvalue weighted by atomic mass is 10.1. The summed E-state index contributed by atoms with van der Waals surface area (Å²) >= 11 is 0. The van der Waals surface area contributed by atoms with Crippen LogP contribution in [0.2, 0.25) is 0 Å². The van der Waals surface area contributed by atoms with Crippen LogP contribution in [0, 0.1) is 0 Å².